The van der Waals surface area contributed by atoms with Crippen LogP contribution < -0.4 is 0 Å². The molecule has 0 radical (unpaired) electrons. The maximum Gasteiger partial charge on any atom is 0.152 e. The Hall–Kier alpha value is -1.99. The number of rotatable bonds is 5. The van der Waals surface area contributed by atoms with Crippen LogP contribution in [0.5, 0.6) is 0 Å². The summed E-state index contributed by atoms with van der Waals surface area (Å²) in [6.07, 6.45) is 8.02. The minimum absolute atomic E-state index is 0.0819. The molecule has 2 atom stereocenters. The number of aromatic nitrogens is 4. The fourth-order valence-corrected chi connectivity index (χ4v) is 2.88. The smallest absolute Gasteiger partial charge is 0.152 e. The topological polar surface area (TPSA) is 83.8 Å². The lowest BCUT2D eigenvalue weighted by Gasteiger charge is -2.10. The van der Waals surface area contributed by atoms with Crippen molar-refractivity contribution in [2.75, 3.05) is 5.75 Å². The monoisotopic (exact) mass is 304 g/mol. The number of H-pyrrole nitrogens is 1. The van der Waals surface area contributed by atoms with Crippen molar-refractivity contribution in [2.45, 2.75) is 19.4 Å². The van der Waals surface area contributed by atoms with Crippen molar-refractivity contribution < 1.29 is 8.76 Å². The van der Waals surface area contributed by atoms with Crippen LogP contribution in [0, 0.1) is 0 Å². The van der Waals surface area contributed by atoms with E-state index in [-0.39, 0.29) is 11.8 Å². The van der Waals surface area contributed by atoms with Crippen molar-refractivity contribution in [2.24, 2.45) is 0 Å². The van der Waals surface area contributed by atoms with E-state index in [2.05, 4.69) is 15.1 Å². The number of nitrogens with zero attached hydrogens (tertiary/aromatic N) is 3. The van der Waals surface area contributed by atoms with Gasteiger partial charge in [0.1, 0.15) is 5.65 Å². The normalized spacial score (nSPS) is 14.4. The summed E-state index contributed by atoms with van der Waals surface area (Å²) in [7, 11) is 0. The summed E-state index contributed by atoms with van der Waals surface area (Å²) in [6.45, 7) is 1.99. The van der Waals surface area contributed by atoms with E-state index in [0.29, 0.717) is 6.42 Å². The third-order valence-corrected chi connectivity index (χ3v) is 4.12. The lowest BCUT2D eigenvalue weighted by Crippen LogP contribution is -2.09. The first-order chi connectivity index (χ1) is 10.1. The van der Waals surface area contributed by atoms with Gasteiger partial charge in [0.05, 0.1) is 18.0 Å². The molecule has 0 aromatic carbocycles. The first-order valence-electron chi connectivity index (χ1n) is 6.69. The van der Waals surface area contributed by atoms with E-state index in [9.17, 15) is 4.21 Å². The van der Waals surface area contributed by atoms with Gasteiger partial charge in [-0.3, -0.25) is 4.68 Å². The van der Waals surface area contributed by atoms with Gasteiger partial charge in [-0.05, 0) is 31.0 Å². The van der Waals surface area contributed by atoms with Gasteiger partial charge in [0, 0.05) is 29.5 Å². The average Bonchev–Trinajstić information content (AvgIpc) is 3.12. The summed E-state index contributed by atoms with van der Waals surface area (Å²) in [5, 5.41) is 5.42. The van der Waals surface area contributed by atoms with Gasteiger partial charge in [-0.2, -0.15) is 5.10 Å². The Morgan fingerprint density at radius 1 is 1.48 bits per heavy atom. The minimum Gasteiger partial charge on any atom is -0.346 e. The van der Waals surface area contributed by atoms with Crippen molar-refractivity contribution in [3.8, 4) is 11.1 Å². The first kappa shape index (κ1) is 14.0. The molecule has 110 valence electrons. The Morgan fingerprint density at radius 3 is 3.14 bits per heavy atom. The molecule has 0 bridgehead atoms. The zero-order chi connectivity index (χ0) is 14.8. The SMILES string of the molecule is CC(CCS(=O)O)n1cc(-c2ccnc3[nH]ccc23)cn1. The van der Waals surface area contributed by atoms with E-state index < -0.39 is 11.1 Å². The van der Waals surface area contributed by atoms with Gasteiger partial charge >= 0.3 is 0 Å². The molecule has 3 heterocycles. The fourth-order valence-electron chi connectivity index (χ4n) is 2.33. The van der Waals surface area contributed by atoms with Gasteiger partial charge in [0.25, 0.3) is 0 Å². The molecule has 3 aromatic rings. The number of nitrogens with one attached hydrogen (secondary N) is 1. The van der Waals surface area contributed by atoms with Crippen LogP contribution in [0.15, 0.2) is 36.9 Å². The lowest BCUT2D eigenvalue weighted by atomic mass is 10.1. The molecular formula is C14H16N4O2S. The van der Waals surface area contributed by atoms with E-state index in [4.69, 9.17) is 4.55 Å². The highest BCUT2D eigenvalue weighted by Gasteiger charge is 2.11. The highest BCUT2D eigenvalue weighted by Crippen LogP contribution is 2.27. The molecule has 6 nitrogen and oxygen atoms in total. The molecule has 0 saturated heterocycles. The average molecular weight is 304 g/mol. The molecule has 0 aliphatic heterocycles. The Labute approximate surface area is 124 Å². The fraction of sp³-hybridized carbons (Fsp3) is 0.286. The molecule has 21 heavy (non-hydrogen) atoms. The Bertz CT molecular complexity index is 780. The standard InChI is InChI=1S/C14H16N4O2S/c1-10(4-7-21(19)20)18-9-11(8-17-18)12-2-5-15-14-13(12)3-6-16-14/h2-3,5-6,8-10H,4,7H2,1H3,(H,15,16)(H,19,20). The predicted molar refractivity (Wildman–Crippen MR) is 82.3 cm³/mol. The second-order valence-electron chi connectivity index (χ2n) is 4.97. The molecule has 2 unspecified atom stereocenters. The maximum absolute atomic E-state index is 10.7. The van der Waals surface area contributed by atoms with Gasteiger partial charge in [-0.1, -0.05) is 0 Å². The van der Waals surface area contributed by atoms with Crippen LogP contribution in [-0.4, -0.2) is 34.3 Å². The van der Waals surface area contributed by atoms with Crippen LogP contribution in [-0.2, 0) is 11.1 Å². The van der Waals surface area contributed by atoms with Gasteiger partial charge < -0.3 is 9.54 Å². The highest BCUT2D eigenvalue weighted by atomic mass is 32.2. The molecule has 7 heteroatoms. The van der Waals surface area contributed by atoms with Crippen LogP contribution in [0.3, 0.4) is 0 Å². The van der Waals surface area contributed by atoms with Crippen molar-refractivity contribution in [1.82, 2.24) is 19.7 Å². The molecule has 0 aliphatic carbocycles. The van der Waals surface area contributed by atoms with E-state index in [1.54, 1.807) is 6.20 Å². The second kappa shape index (κ2) is 5.79. The van der Waals surface area contributed by atoms with E-state index >= 15 is 0 Å². The molecule has 0 spiro atoms. The number of hydrogen-bond donors (Lipinski definition) is 2. The summed E-state index contributed by atoms with van der Waals surface area (Å²) < 4.78 is 21.4. The Balaban J connectivity index is 1.88. The predicted octanol–water partition coefficient (Wildman–Crippen LogP) is 2.60. The van der Waals surface area contributed by atoms with Crippen molar-refractivity contribution in [3.05, 3.63) is 36.9 Å². The van der Waals surface area contributed by atoms with Gasteiger partial charge in [0.2, 0.25) is 0 Å². The number of fused-ring (bicyclic) bond motifs is 1. The van der Waals surface area contributed by atoms with Gasteiger partial charge in [-0.25, -0.2) is 9.19 Å². The van der Waals surface area contributed by atoms with E-state index in [1.165, 1.54) is 0 Å². The summed E-state index contributed by atoms with van der Waals surface area (Å²) in [6, 6.07) is 4.04. The molecule has 0 amide bonds. The summed E-state index contributed by atoms with van der Waals surface area (Å²) in [4.78, 5) is 7.37. The third kappa shape index (κ3) is 2.88. The number of aromatic amines is 1. The van der Waals surface area contributed by atoms with Crippen LogP contribution >= 0.6 is 0 Å². The van der Waals surface area contributed by atoms with E-state index in [0.717, 1.165) is 22.2 Å². The number of pyridine rings is 1. The van der Waals surface area contributed by atoms with Crippen molar-refractivity contribution >= 4 is 22.1 Å². The minimum atomic E-state index is -1.76. The Kier molecular flexibility index (Phi) is 3.85. The van der Waals surface area contributed by atoms with Crippen LogP contribution in [0.4, 0.5) is 0 Å². The first-order valence-corrected chi connectivity index (χ1v) is 7.97. The van der Waals surface area contributed by atoms with E-state index in [1.807, 2.05) is 42.3 Å². The lowest BCUT2D eigenvalue weighted by molar-refractivity contribution is 0.472. The molecule has 0 fully saturated rings. The number of hydrogen-bond acceptors (Lipinski definition) is 3. The van der Waals surface area contributed by atoms with Crippen molar-refractivity contribution in [1.29, 1.82) is 0 Å². The molecule has 0 aliphatic rings. The Morgan fingerprint density at radius 2 is 2.33 bits per heavy atom. The molecule has 3 rings (SSSR count). The molecular weight excluding hydrogens is 288 g/mol. The molecule has 0 saturated carbocycles. The summed E-state index contributed by atoms with van der Waals surface area (Å²) in [5.41, 5.74) is 2.94. The zero-order valence-electron chi connectivity index (χ0n) is 11.6. The largest absolute Gasteiger partial charge is 0.346 e. The zero-order valence-corrected chi connectivity index (χ0v) is 12.4. The van der Waals surface area contributed by atoms with Gasteiger partial charge in [-0.15, -0.1) is 0 Å². The van der Waals surface area contributed by atoms with Gasteiger partial charge in [0.15, 0.2) is 11.1 Å². The molecule has 3 aromatic heterocycles. The van der Waals surface area contributed by atoms with Crippen LogP contribution in [0.25, 0.3) is 22.2 Å². The quantitative estimate of drug-likeness (QED) is 0.710. The third-order valence-electron chi connectivity index (χ3n) is 3.53. The van der Waals surface area contributed by atoms with Crippen LogP contribution in [0.2, 0.25) is 0 Å². The highest BCUT2D eigenvalue weighted by molar-refractivity contribution is 7.79. The second-order valence-corrected chi connectivity index (χ2v) is 6.02. The maximum atomic E-state index is 10.7. The summed E-state index contributed by atoms with van der Waals surface area (Å²) in [5.74, 6) is 0.258. The summed E-state index contributed by atoms with van der Waals surface area (Å²) >= 11 is -1.76. The van der Waals surface area contributed by atoms with Crippen LogP contribution in [0.1, 0.15) is 19.4 Å². The molecule has 2 N–H and O–H groups in total. The van der Waals surface area contributed by atoms with Crippen molar-refractivity contribution in [3.63, 3.8) is 0 Å².